The lowest BCUT2D eigenvalue weighted by atomic mass is 9.75. The van der Waals surface area contributed by atoms with E-state index in [4.69, 9.17) is 0 Å². The molecule has 0 aliphatic heterocycles. The van der Waals surface area contributed by atoms with E-state index in [-0.39, 0.29) is 6.10 Å². The van der Waals surface area contributed by atoms with Gasteiger partial charge in [0.25, 0.3) is 0 Å². The van der Waals surface area contributed by atoms with E-state index in [9.17, 15) is 5.11 Å². The normalized spacial score (nSPS) is 26.0. The predicted octanol–water partition coefficient (Wildman–Crippen LogP) is 4.55. The highest BCUT2D eigenvalue weighted by Gasteiger charge is 2.28. The first kappa shape index (κ1) is 13.6. The molecule has 0 amide bonds. The first-order chi connectivity index (χ1) is 8.63. The third-order valence-electron chi connectivity index (χ3n) is 4.81. The molecule has 0 spiro atoms. The van der Waals surface area contributed by atoms with E-state index in [1.54, 1.807) is 0 Å². The molecule has 18 heavy (non-hydrogen) atoms. The van der Waals surface area contributed by atoms with Crippen molar-refractivity contribution in [3.63, 3.8) is 0 Å². The smallest absolute Gasteiger partial charge is 0.0820 e. The van der Waals surface area contributed by atoms with Crippen molar-refractivity contribution in [1.29, 1.82) is 0 Å². The van der Waals surface area contributed by atoms with Crippen molar-refractivity contribution < 1.29 is 5.11 Å². The van der Waals surface area contributed by atoms with Gasteiger partial charge in [0, 0.05) is 0 Å². The third-order valence-corrected chi connectivity index (χ3v) is 4.81. The summed E-state index contributed by atoms with van der Waals surface area (Å²) in [6.07, 6.45) is 6.02. The topological polar surface area (TPSA) is 20.2 Å². The molecule has 1 aromatic rings. The number of hydrogen-bond donors (Lipinski definition) is 1. The second-order valence-electron chi connectivity index (χ2n) is 5.93. The Labute approximate surface area is 111 Å². The molecule has 0 aromatic heterocycles. The number of aliphatic hydroxyl groups is 1. The summed E-state index contributed by atoms with van der Waals surface area (Å²) in [5.74, 6) is 1.28. The Morgan fingerprint density at radius 3 is 2.78 bits per heavy atom. The van der Waals surface area contributed by atoms with E-state index in [0.29, 0.717) is 5.92 Å². The van der Waals surface area contributed by atoms with Gasteiger partial charge in [-0.1, -0.05) is 44.4 Å². The minimum absolute atomic E-state index is 0.265. The lowest BCUT2D eigenvalue weighted by molar-refractivity contribution is 0.0673. The van der Waals surface area contributed by atoms with Gasteiger partial charge in [0.1, 0.15) is 0 Å². The Morgan fingerprint density at radius 1 is 1.28 bits per heavy atom. The third kappa shape index (κ3) is 2.77. The van der Waals surface area contributed by atoms with Gasteiger partial charge in [0.15, 0.2) is 0 Å². The zero-order chi connectivity index (χ0) is 13.1. The second kappa shape index (κ2) is 5.88. The zero-order valence-electron chi connectivity index (χ0n) is 11.9. The fraction of sp³-hybridized carbons (Fsp3) is 0.647. The quantitative estimate of drug-likeness (QED) is 0.829. The molecule has 1 N–H and O–H groups in total. The Bertz CT molecular complexity index is 397. The van der Waals surface area contributed by atoms with Gasteiger partial charge in [-0.25, -0.2) is 0 Å². The van der Waals surface area contributed by atoms with Crippen molar-refractivity contribution in [1.82, 2.24) is 0 Å². The van der Waals surface area contributed by atoms with Gasteiger partial charge >= 0.3 is 0 Å². The van der Waals surface area contributed by atoms with E-state index >= 15 is 0 Å². The molecule has 1 fully saturated rings. The van der Waals surface area contributed by atoms with Gasteiger partial charge in [-0.15, -0.1) is 0 Å². The summed E-state index contributed by atoms with van der Waals surface area (Å²) < 4.78 is 0. The van der Waals surface area contributed by atoms with Crippen molar-refractivity contribution in [3.8, 4) is 0 Å². The van der Waals surface area contributed by atoms with Crippen LogP contribution in [0.2, 0.25) is 0 Å². The van der Waals surface area contributed by atoms with E-state index in [1.165, 1.54) is 43.2 Å². The molecule has 1 nitrogen and oxygen atoms in total. The molecule has 0 saturated heterocycles. The average molecular weight is 246 g/mol. The van der Waals surface area contributed by atoms with Crippen LogP contribution in [-0.2, 0) is 0 Å². The van der Waals surface area contributed by atoms with Crippen molar-refractivity contribution in [3.05, 3.63) is 34.9 Å². The van der Waals surface area contributed by atoms with Gasteiger partial charge in [-0.3, -0.25) is 0 Å². The molecule has 1 heteroatoms. The van der Waals surface area contributed by atoms with Crippen molar-refractivity contribution >= 4 is 0 Å². The first-order valence-electron chi connectivity index (χ1n) is 7.37. The van der Waals surface area contributed by atoms with Gasteiger partial charge in [0.05, 0.1) is 6.10 Å². The fourth-order valence-corrected chi connectivity index (χ4v) is 3.34. The van der Waals surface area contributed by atoms with E-state index < -0.39 is 0 Å². The number of hydrogen-bond acceptors (Lipinski definition) is 1. The average Bonchev–Trinajstić information content (AvgIpc) is 2.41. The van der Waals surface area contributed by atoms with Gasteiger partial charge in [-0.2, -0.15) is 0 Å². The Balaban J connectivity index is 2.15. The lowest BCUT2D eigenvalue weighted by Crippen LogP contribution is -2.22. The van der Waals surface area contributed by atoms with Crippen molar-refractivity contribution in [2.75, 3.05) is 0 Å². The zero-order valence-corrected chi connectivity index (χ0v) is 11.9. The second-order valence-corrected chi connectivity index (χ2v) is 5.93. The molecule has 0 heterocycles. The molecule has 0 radical (unpaired) electrons. The maximum atomic E-state index is 10.7. The van der Waals surface area contributed by atoms with Crippen LogP contribution in [0.1, 0.15) is 61.8 Å². The summed E-state index contributed by atoms with van der Waals surface area (Å²) in [5.41, 5.74) is 3.70. The van der Waals surface area contributed by atoms with Gasteiger partial charge < -0.3 is 5.11 Å². The van der Waals surface area contributed by atoms with Crippen LogP contribution in [0.5, 0.6) is 0 Å². The molecule has 1 aromatic carbocycles. The Kier molecular flexibility index (Phi) is 4.45. The maximum absolute atomic E-state index is 10.7. The SMILES string of the molecule is CCC1CCCC(C(O)c2cccc(C)c2C)C1. The van der Waals surface area contributed by atoms with E-state index in [0.717, 1.165) is 11.5 Å². The standard InChI is InChI=1S/C17H26O/c1-4-14-8-6-9-15(11-14)17(18)16-10-5-7-12(2)13(16)3/h5,7,10,14-15,17-18H,4,6,8-9,11H2,1-3H3. The summed E-state index contributed by atoms with van der Waals surface area (Å²) in [5, 5.41) is 10.7. The Hall–Kier alpha value is -0.820. The molecule has 3 atom stereocenters. The molecule has 0 bridgehead atoms. The van der Waals surface area contributed by atoms with Crippen LogP contribution in [0.3, 0.4) is 0 Å². The molecule has 1 saturated carbocycles. The predicted molar refractivity (Wildman–Crippen MR) is 76.6 cm³/mol. The summed E-state index contributed by atoms with van der Waals surface area (Å²) in [7, 11) is 0. The number of aryl methyl sites for hydroxylation is 1. The van der Waals surface area contributed by atoms with E-state index in [2.05, 4.69) is 39.0 Å². The molecule has 3 unspecified atom stereocenters. The number of benzene rings is 1. The van der Waals surface area contributed by atoms with Crippen LogP contribution in [-0.4, -0.2) is 5.11 Å². The molecular weight excluding hydrogens is 220 g/mol. The molecular formula is C17H26O. The van der Waals surface area contributed by atoms with Crippen LogP contribution < -0.4 is 0 Å². The summed E-state index contributed by atoms with van der Waals surface area (Å²) >= 11 is 0. The molecule has 1 aliphatic carbocycles. The highest BCUT2D eigenvalue weighted by molar-refractivity contribution is 5.34. The van der Waals surface area contributed by atoms with Gasteiger partial charge in [-0.05, 0) is 55.2 Å². The highest BCUT2D eigenvalue weighted by Crippen LogP contribution is 2.39. The molecule has 2 rings (SSSR count). The number of rotatable bonds is 3. The maximum Gasteiger partial charge on any atom is 0.0820 e. The first-order valence-corrected chi connectivity index (χ1v) is 7.37. The Morgan fingerprint density at radius 2 is 2.06 bits per heavy atom. The monoisotopic (exact) mass is 246 g/mol. The van der Waals surface area contributed by atoms with Crippen molar-refractivity contribution in [2.24, 2.45) is 11.8 Å². The van der Waals surface area contributed by atoms with E-state index in [1.807, 2.05) is 0 Å². The lowest BCUT2D eigenvalue weighted by Gasteiger charge is -2.32. The summed E-state index contributed by atoms with van der Waals surface area (Å²) in [6, 6.07) is 6.30. The van der Waals surface area contributed by atoms with Crippen LogP contribution in [0.25, 0.3) is 0 Å². The minimum atomic E-state index is -0.265. The van der Waals surface area contributed by atoms with Crippen LogP contribution in [0.4, 0.5) is 0 Å². The largest absolute Gasteiger partial charge is 0.388 e. The van der Waals surface area contributed by atoms with Crippen LogP contribution in [0.15, 0.2) is 18.2 Å². The summed E-state index contributed by atoms with van der Waals surface area (Å²) in [6.45, 7) is 6.53. The van der Waals surface area contributed by atoms with Crippen LogP contribution in [0, 0.1) is 25.7 Å². The van der Waals surface area contributed by atoms with Gasteiger partial charge in [0.2, 0.25) is 0 Å². The molecule has 1 aliphatic rings. The fourth-order valence-electron chi connectivity index (χ4n) is 3.34. The molecule has 100 valence electrons. The number of aliphatic hydroxyl groups excluding tert-OH is 1. The van der Waals surface area contributed by atoms with Crippen molar-refractivity contribution in [2.45, 2.75) is 59.0 Å². The minimum Gasteiger partial charge on any atom is -0.388 e. The highest BCUT2D eigenvalue weighted by atomic mass is 16.3. The summed E-state index contributed by atoms with van der Waals surface area (Å²) in [4.78, 5) is 0. The van der Waals surface area contributed by atoms with Crippen LogP contribution >= 0.6 is 0 Å².